The highest BCUT2D eigenvalue weighted by Crippen LogP contribution is 2.36. The van der Waals surface area contributed by atoms with E-state index in [2.05, 4.69) is 31.0 Å². The van der Waals surface area contributed by atoms with Gasteiger partial charge in [0.05, 0.1) is 22.5 Å². The van der Waals surface area contributed by atoms with E-state index in [9.17, 15) is 0 Å². The molecule has 0 saturated carbocycles. The summed E-state index contributed by atoms with van der Waals surface area (Å²) in [6, 6.07) is 3.93. The van der Waals surface area contributed by atoms with Crippen molar-refractivity contribution in [1.82, 2.24) is 10.2 Å². The van der Waals surface area contributed by atoms with Crippen LogP contribution in [0.1, 0.15) is 54.2 Å². The lowest BCUT2D eigenvalue weighted by Gasteiger charge is -2.32. The second-order valence-corrected chi connectivity index (χ2v) is 7.18. The van der Waals surface area contributed by atoms with Gasteiger partial charge in [-0.25, -0.2) is 0 Å². The zero-order chi connectivity index (χ0) is 14.5. The second-order valence-electron chi connectivity index (χ2n) is 7.18. The molecular weight excluding hydrogens is 239 g/mol. The molecule has 1 aromatic heterocycles. The lowest BCUT2D eigenvalue weighted by Crippen LogP contribution is -2.41. The topological polar surface area (TPSA) is 44.2 Å². The zero-order valence-electron chi connectivity index (χ0n) is 12.9. The van der Waals surface area contributed by atoms with E-state index in [1.165, 1.54) is 0 Å². The smallest absolute Gasteiger partial charge is 0.398 e. The Labute approximate surface area is 116 Å². The number of hydrogen-bond donors (Lipinski definition) is 0. The van der Waals surface area contributed by atoms with Crippen LogP contribution in [0.2, 0.25) is 0 Å². The summed E-state index contributed by atoms with van der Waals surface area (Å²) in [7, 11) is -0.438. The molecule has 5 heteroatoms. The molecule has 0 bridgehead atoms. The van der Waals surface area contributed by atoms with Crippen molar-refractivity contribution in [3.63, 3.8) is 0 Å². The molecule has 0 amide bonds. The highest BCUT2D eigenvalue weighted by Gasteiger charge is 2.52. The maximum atomic E-state index is 5.95. The average molecular weight is 262 g/mol. The van der Waals surface area contributed by atoms with Gasteiger partial charge in [-0.1, -0.05) is 20.8 Å². The predicted octanol–water partition coefficient (Wildman–Crippen LogP) is 2.07. The quantitative estimate of drug-likeness (QED) is 0.727. The minimum atomic E-state index is -0.438. The lowest BCUT2D eigenvalue weighted by molar-refractivity contribution is 0.00578. The Bertz CT molecular complexity index is 447. The summed E-state index contributed by atoms with van der Waals surface area (Å²) in [5.41, 5.74) is 1.00. The molecule has 0 radical (unpaired) electrons. The summed E-state index contributed by atoms with van der Waals surface area (Å²) in [6.45, 7) is 14.5. The van der Waals surface area contributed by atoms with E-state index in [-0.39, 0.29) is 16.6 Å². The third-order valence-corrected chi connectivity index (χ3v) is 3.95. The Kier molecular flexibility index (Phi) is 3.26. The van der Waals surface area contributed by atoms with Gasteiger partial charge in [0.25, 0.3) is 0 Å². The minimum Gasteiger partial charge on any atom is -0.398 e. The van der Waals surface area contributed by atoms with Crippen molar-refractivity contribution in [3.8, 4) is 0 Å². The first-order chi connectivity index (χ1) is 8.53. The average Bonchev–Trinajstić information content (AvgIpc) is 2.47. The zero-order valence-corrected chi connectivity index (χ0v) is 12.9. The van der Waals surface area contributed by atoms with E-state index in [1.807, 2.05) is 39.8 Å². The summed E-state index contributed by atoms with van der Waals surface area (Å²) < 4.78 is 11.9. The van der Waals surface area contributed by atoms with Gasteiger partial charge in [-0.3, -0.25) is 0 Å². The monoisotopic (exact) mass is 262 g/mol. The minimum absolute atomic E-state index is 0.00145. The van der Waals surface area contributed by atoms with Crippen LogP contribution in [0.4, 0.5) is 0 Å². The molecular formula is C14H23BN2O2. The Morgan fingerprint density at radius 3 is 1.84 bits per heavy atom. The Hall–Kier alpha value is -0.935. The molecule has 0 unspecified atom stereocenters. The van der Waals surface area contributed by atoms with Crippen molar-refractivity contribution in [2.75, 3.05) is 0 Å². The van der Waals surface area contributed by atoms with E-state index in [0.29, 0.717) is 0 Å². The Morgan fingerprint density at radius 2 is 1.47 bits per heavy atom. The van der Waals surface area contributed by atoms with Gasteiger partial charge in [0, 0.05) is 5.41 Å². The van der Waals surface area contributed by atoms with Crippen LogP contribution in [0, 0.1) is 0 Å². The predicted molar refractivity (Wildman–Crippen MR) is 76.4 cm³/mol. The molecule has 4 nitrogen and oxygen atoms in total. The first-order valence-electron chi connectivity index (χ1n) is 6.73. The first-order valence-corrected chi connectivity index (χ1v) is 6.73. The fourth-order valence-corrected chi connectivity index (χ4v) is 1.83. The molecule has 1 fully saturated rings. The first kappa shape index (κ1) is 14.5. The molecule has 1 aliphatic rings. The van der Waals surface area contributed by atoms with Crippen LogP contribution < -0.4 is 5.59 Å². The third kappa shape index (κ3) is 2.67. The van der Waals surface area contributed by atoms with Crippen molar-refractivity contribution < 1.29 is 9.31 Å². The van der Waals surface area contributed by atoms with Gasteiger partial charge in [-0.2, -0.15) is 10.2 Å². The van der Waals surface area contributed by atoms with E-state index in [0.717, 1.165) is 11.3 Å². The molecule has 0 aromatic carbocycles. The molecule has 104 valence electrons. The van der Waals surface area contributed by atoms with Crippen molar-refractivity contribution in [2.45, 2.75) is 65.1 Å². The summed E-state index contributed by atoms with van der Waals surface area (Å²) in [5.74, 6) is 0. The molecule has 2 heterocycles. The number of hydrogen-bond acceptors (Lipinski definition) is 4. The maximum absolute atomic E-state index is 5.95. The number of nitrogens with zero attached hydrogens (tertiary/aromatic N) is 2. The molecule has 0 spiro atoms. The van der Waals surface area contributed by atoms with Gasteiger partial charge >= 0.3 is 7.12 Å². The van der Waals surface area contributed by atoms with Gasteiger partial charge in [0.1, 0.15) is 0 Å². The number of aromatic nitrogens is 2. The Balaban J connectivity index is 2.22. The molecule has 1 aliphatic heterocycles. The van der Waals surface area contributed by atoms with Gasteiger partial charge < -0.3 is 9.31 Å². The molecule has 0 N–H and O–H groups in total. The van der Waals surface area contributed by atoms with Crippen molar-refractivity contribution in [3.05, 3.63) is 17.8 Å². The van der Waals surface area contributed by atoms with Crippen LogP contribution in [0.3, 0.4) is 0 Å². The second kappa shape index (κ2) is 4.28. The van der Waals surface area contributed by atoms with Crippen LogP contribution in [-0.2, 0) is 14.7 Å². The largest absolute Gasteiger partial charge is 0.516 e. The fourth-order valence-electron chi connectivity index (χ4n) is 1.83. The molecule has 0 aliphatic carbocycles. The standard InChI is InChI=1S/C14H23BN2O2/c1-12(2,3)10-8-9-11(17-16-10)15-18-13(4,5)14(6,7)19-15/h8-9H,1-7H3. The van der Waals surface area contributed by atoms with E-state index in [1.54, 1.807) is 0 Å². The normalized spacial score (nSPS) is 21.7. The van der Waals surface area contributed by atoms with Crippen LogP contribution in [0.25, 0.3) is 0 Å². The molecule has 19 heavy (non-hydrogen) atoms. The van der Waals surface area contributed by atoms with E-state index >= 15 is 0 Å². The van der Waals surface area contributed by atoms with Gasteiger partial charge in [-0.05, 0) is 39.8 Å². The van der Waals surface area contributed by atoms with Crippen LogP contribution in [-0.4, -0.2) is 28.5 Å². The van der Waals surface area contributed by atoms with Gasteiger partial charge in [0.15, 0.2) is 0 Å². The number of rotatable bonds is 1. The maximum Gasteiger partial charge on any atom is 0.516 e. The van der Waals surface area contributed by atoms with Crippen molar-refractivity contribution >= 4 is 12.7 Å². The van der Waals surface area contributed by atoms with Crippen LogP contribution in [0.15, 0.2) is 12.1 Å². The van der Waals surface area contributed by atoms with E-state index in [4.69, 9.17) is 9.31 Å². The SMILES string of the molecule is CC(C)(C)c1ccc(B2OC(C)(C)C(C)(C)O2)nn1. The highest BCUT2D eigenvalue weighted by molar-refractivity contribution is 6.61. The summed E-state index contributed by atoms with van der Waals surface area (Å²) in [4.78, 5) is 0. The van der Waals surface area contributed by atoms with Gasteiger partial charge in [0.2, 0.25) is 0 Å². The van der Waals surface area contributed by atoms with Gasteiger partial charge in [-0.15, -0.1) is 0 Å². The summed E-state index contributed by atoms with van der Waals surface area (Å²) in [6.07, 6.45) is 0. The highest BCUT2D eigenvalue weighted by atomic mass is 16.7. The van der Waals surface area contributed by atoms with Crippen LogP contribution >= 0.6 is 0 Å². The molecule has 1 saturated heterocycles. The summed E-state index contributed by atoms with van der Waals surface area (Å²) >= 11 is 0. The van der Waals surface area contributed by atoms with Crippen LogP contribution in [0.5, 0.6) is 0 Å². The lowest BCUT2D eigenvalue weighted by atomic mass is 9.83. The summed E-state index contributed by atoms with van der Waals surface area (Å²) in [5, 5.41) is 8.54. The van der Waals surface area contributed by atoms with E-state index < -0.39 is 7.12 Å². The third-order valence-electron chi connectivity index (χ3n) is 3.95. The van der Waals surface area contributed by atoms with Crippen molar-refractivity contribution in [2.24, 2.45) is 0 Å². The van der Waals surface area contributed by atoms with Crippen molar-refractivity contribution in [1.29, 1.82) is 0 Å². The fraction of sp³-hybridized carbons (Fsp3) is 0.714. The Morgan fingerprint density at radius 1 is 0.947 bits per heavy atom. The molecule has 2 rings (SSSR count). The molecule has 1 aromatic rings. The molecule has 0 atom stereocenters.